The lowest BCUT2D eigenvalue weighted by Gasteiger charge is -2.20. The number of nitrogens with one attached hydrogen (secondary N) is 1. The van der Waals surface area contributed by atoms with Crippen LogP contribution in [0.5, 0.6) is 0 Å². The number of nitrogens with zero attached hydrogens (tertiary/aromatic N) is 3. The molecule has 0 radical (unpaired) electrons. The second kappa shape index (κ2) is 8.79. The van der Waals surface area contributed by atoms with Crippen molar-refractivity contribution in [2.75, 3.05) is 45.3 Å². The smallest absolute Gasteiger partial charge is 0.144 e. The van der Waals surface area contributed by atoms with Crippen molar-refractivity contribution < 1.29 is 9.84 Å². The normalized spacial score (nSPS) is 10.9. The number of ether oxygens (including phenoxy) is 1. The van der Waals surface area contributed by atoms with Gasteiger partial charge in [-0.3, -0.25) is 9.88 Å². The average Bonchev–Trinajstić information content (AvgIpc) is 2.39. The monoisotopic (exact) mass is 254 g/mol. The predicted molar refractivity (Wildman–Crippen MR) is 70.4 cm³/mol. The van der Waals surface area contributed by atoms with Gasteiger partial charge >= 0.3 is 0 Å². The molecule has 1 heterocycles. The van der Waals surface area contributed by atoms with Gasteiger partial charge in [-0.1, -0.05) is 0 Å². The van der Waals surface area contributed by atoms with E-state index in [4.69, 9.17) is 9.84 Å². The molecule has 1 aromatic rings. The van der Waals surface area contributed by atoms with Crippen LogP contribution in [0.4, 0.5) is 5.82 Å². The summed E-state index contributed by atoms with van der Waals surface area (Å²) in [5.74, 6) is 0.784. The predicted octanol–water partition coefficient (Wildman–Crippen LogP) is 0.349. The molecular weight excluding hydrogens is 232 g/mol. The van der Waals surface area contributed by atoms with Crippen LogP contribution < -0.4 is 5.32 Å². The third kappa shape index (κ3) is 5.39. The average molecular weight is 254 g/mol. The Morgan fingerprint density at radius 2 is 2.17 bits per heavy atom. The lowest BCUT2D eigenvalue weighted by molar-refractivity contribution is 0.126. The van der Waals surface area contributed by atoms with Crippen LogP contribution in [0.1, 0.15) is 12.6 Å². The van der Waals surface area contributed by atoms with Crippen LogP contribution in [-0.4, -0.2) is 59.9 Å². The fraction of sp³-hybridized carbons (Fsp3) is 0.667. The summed E-state index contributed by atoms with van der Waals surface area (Å²) in [5.41, 5.74) is 0.890. The highest BCUT2D eigenvalue weighted by molar-refractivity contribution is 5.30. The van der Waals surface area contributed by atoms with Crippen molar-refractivity contribution in [2.24, 2.45) is 0 Å². The zero-order valence-corrected chi connectivity index (χ0v) is 11.1. The van der Waals surface area contributed by atoms with Crippen LogP contribution in [-0.2, 0) is 11.3 Å². The van der Waals surface area contributed by atoms with Gasteiger partial charge in [0.25, 0.3) is 0 Å². The summed E-state index contributed by atoms with van der Waals surface area (Å²) >= 11 is 0. The largest absolute Gasteiger partial charge is 0.395 e. The van der Waals surface area contributed by atoms with Gasteiger partial charge in [-0.05, 0) is 6.92 Å². The molecule has 0 aliphatic heterocycles. The first kappa shape index (κ1) is 14.8. The van der Waals surface area contributed by atoms with Crippen LogP contribution in [0.15, 0.2) is 12.4 Å². The third-order valence-electron chi connectivity index (χ3n) is 2.48. The number of hydrogen-bond donors (Lipinski definition) is 2. The Hall–Kier alpha value is -1.24. The molecule has 102 valence electrons. The van der Waals surface area contributed by atoms with E-state index in [-0.39, 0.29) is 6.61 Å². The van der Waals surface area contributed by atoms with Crippen LogP contribution in [0.3, 0.4) is 0 Å². The summed E-state index contributed by atoms with van der Waals surface area (Å²) in [4.78, 5) is 10.7. The molecule has 0 aromatic carbocycles. The Kier molecular flexibility index (Phi) is 7.24. The number of aliphatic hydroxyl groups is 1. The molecule has 0 spiro atoms. The Balaban J connectivity index is 2.51. The number of aromatic nitrogens is 2. The molecule has 1 aromatic heterocycles. The quantitative estimate of drug-likeness (QED) is 0.662. The van der Waals surface area contributed by atoms with Crippen LogP contribution in [0.2, 0.25) is 0 Å². The summed E-state index contributed by atoms with van der Waals surface area (Å²) in [6.45, 7) is 5.67. The second-order valence-electron chi connectivity index (χ2n) is 3.92. The van der Waals surface area contributed by atoms with Gasteiger partial charge in [0.15, 0.2) is 0 Å². The van der Waals surface area contributed by atoms with E-state index in [0.717, 1.165) is 24.6 Å². The number of rotatable bonds is 9. The summed E-state index contributed by atoms with van der Waals surface area (Å²) in [7, 11) is 1.67. The lowest BCUT2D eigenvalue weighted by atomic mass is 10.3. The van der Waals surface area contributed by atoms with E-state index in [2.05, 4.69) is 20.2 Å². The van der Waals surface area contributed by atoms with Crippen molar-refractivity contribution in [3.05, 3.63) is 18.1 Å². The number of methoxy groups -OCH3 is 1. The van der Waals surface area contributed by atoms with Crippen molar-refractivity contribution >= 4 is 5.82 Å². The van der Waals surface area contributed by atoms with Crippen molar-refractivity contribution in [3.8, 4) is 0 Å². The first-order valence-corrected chi connectivity index (χ1v) is 6.17. The summed E-state index contributed by atoms with van der Waals surface area (Å²) in [5, 5.41) is 12.1. The minimum Gasteiger partial charge on any atom is -0.395 e. The lowest BCUT2D eigenvalue weighted by Crippen LogP contribution is -2.30. The Labute approximate surface area is 108 Å². The van der Waals surface area contributed by atoms with Gasteiger partial charge in [-0.2, -0.15) is 0 Å². The number of anilines is 1. The Bertz CT molecular complexity index is 318. The van der Waals surface area contributed by atoms with Crippen LogP contribution in [0, 0.1) is 0 Å². The Morgan fingerprint density at radius 3 is 2.72 bits per heavy atom. The molecule has 0 unspecified atom stereocenters. The molecule has 0 bridgehead atoms. The summed E-state index contributed by atoms with van der Waals surface area (Å²) in [6, 6.07) is 0. The van der Waals surface area contributed by atoms with E-state index in [0.29, 0.717) is 19.7 Å². The Morgan fingerprint density at radius 1 is 1.33 bits per heavy atom. The highest BCUT2D eigenvalue weighted by Crippen LogP contribution is 2.04. The molecule has 0 aliphatic rings. The molecule has 2 N–H and O–H groups in total. The van der Waals surface area contributed by atoms with Gasteiger partial charge < -0.3 is 15.2 Å². The molecule has 18 heavy (non-hydrogen) atoms. The standard InChI is InChI=1S/C12H22N4O2/c1-3-13-12-9-14-11(8-15-12)10-16(4-6-17)5-7-18-2/h8-9,17H,3-7,10H2,1-2H3,(H,13,15). The molecular formula is C12H22N4O2. The molecule has 0 fully saturated rings. The zero-order valence-electron chi connectivity index (χ0n) is 11.1. The highest BCUT2D eigenvalue weighted by atomic mass is 16.5. The summed E-state index contributed by atoms with van der Waals surface area (Å²) < 4.78 is 5.04. The SMILES string of the molecule is CCNc1cnc(CN(CCO)CCOC)cn1. The molecule has 0 saturated carbocycles. The second-order valence-corrected chi connectivity index (χ2v) is 3.92. The first-order valence-electron chi connectivity index (χ1n) is 6.17. The number of aliphatic hydroxyl groups excluding tert-OH is 1. The van der Waals surface area contributed by atoms with E-state index in [9.17, 15) is 0 Å². The van der Waals surface area contributed by atoms with Gasteiger partial charge in [-0.15, -0.1) is 0 Å². The molecule has 1 rings (SSSR count). The molecule has 0 saturated heterocycles. The van der Waals surface area contributed by atoms with E-state index >= 15 is 0 Å². The minimum absolute atomic E-state index is 0.132. The highest BCUT2D eigenvalue weighted by Gasteiger charge is 2.06. The third-order valence-corrected chi connectivity index (χ3v) is 2.48. The molecule has 0 atom stereocenters. The van der Waals surface area contributed by atoms with E-state index in [1.165, 1.54) is 0 Å². The van der Waals surface area contributed by atoms with Crippen molar-refractivity contribution in [1.82, 2.24) is 14.9 Å². The van der Waals surface area contributed by atoms with E-state index in [1.54, 1.807) is 19.5 Å². The minimum atomic E-state index is 0.132. The fourth-order valence-corrected chi connectivity index (χ4v) is 1.57. The summed E-state index contributed by atoms with van der Waals surface area (Å²) in [6.07, 6.45) is 3.49. The van der Waals surface area contributed by atoms with Gasteiger partial charge in [-0.25, -0.2) is 4.98 Å². The van der Waals surface area contributed by atoms with Gasteiger partial charge in [0, 0.05) is 33.3 Å². The maximum atomic E-state index is 9.00. The number of hydrogen-bond acceptors (Lipinski definition) is 6. The zero-order chi connectivity index (χ0) is 13.2. The molecule has 0 amide bonds. The van der Waals surface area contributed by atoms with E-state index in [1.807, 2.05) is 6.92 Å². The van der Waals surface area contributed by atoms with E-state index < -0.39 is 0 Å². The maximum absolute atomic E-state index is 9.00. The van der Waals surface area contributed by atoms with Crippen LogP contribution in [0.25, 0.3) is 0 Å². The van der Waals surface area contributed by atoms with Crippen molar-refractivity contribution in [1.29, 1.82) is 0 Å². The molecule has 6 heteroatoms. The van der Waals surface area contributed by atoms with Gasteiger partial charge in [0.2, 0.25) is 0 Å². The van der Waals surface area contributed by atoms with Gasteiger partial charge in [0.05, 0.1) is 31.3 Å². The topological polar surface area (TPSA) is 70.5 Å². The van der Waals surface area contributed by atoms with Crippen LogP contribution >= 0.6 is 0 Å². The molecule has 0 aliphatic carbocycles. The maximum Gasteiger partial charge on any atom is 0.144 e. The fourth-order valence-electron chi connectivity index (χ4n) is 1.57. The molecule has 6 nitrogen and oxygen atoms in total. The van der Waals surface area contributed by atoms with Crippen molar-refractivity contribution in [2.45, 2.75) is 13.5 Å². The first-order chi connectivity index (χ1) is 8.80. The van der Waals surface area contributed by atoms with Crippen molar-refractivity contribution in [3.63, 3.8) is 0 Å². The van der Waals surface area contributed by atoms with Gasteiger partial charge in [0.1, 0.15) is 5.82 Å².